The van der Waals surface area contributed by atoms with Gasteiger partial charge in [0.1, 0.15) is 0 Å². The fourth-order valence-corrected chi connectivity index (χ4v) is 3.45. The lowest BCUT2D eigenvalue weighted by Gasteiger charge is -2.26. The minimum atomic E-state index is -0.877. The maximum atomic E-state index is 12.0. The maximum absolute atomic E-state index is 12.0. The quantitative estimate of drug-likeness (QED) is 0.699. The van der Waals surface area contributed by atoms with Crippen molar-refractivity contribution < 1.29 is 19.5 Å². The zero-order chi connectivity index (χ0) is 15.5. The predicted octanol–water partition coefficient (Wildman–Crippen LogP) is 2.04. The lowest BCUT2D eigenvalue weighted by atomic mass is 9.79. The van der Waals surface area contributed by atoms with E-state index in [9.17, 15) is 14.4 Å². The molecule has 2 unspecified atom stereocenters. The topological polar surface area (TPSA) is 95.5 Å². The summed E-state index contributed by atoms with van der Waals surface area (Å²) in [5, 5.41) is 14.1. The summed E-state index contributed by atoms with van der Waals surface area (Å²) >= 11 is 0. The van der Waals surface area contributed by atoms with E-state index in [-0.39, 0.29) is 24.8 Å². The number of carboxylic acid groups (broad SMARTS) is 1. The van der Waals surface area contributed by atoms with E-state index in [4.69, 9.17) is 5.11 Å². The van der Waals surface area contributed by atoms with Crippen LogP contribution in [0.2, 0.25) is 0 Å². The van der Waals surface area contributed by atoms with Crippen LogP contribution in [0.4, 0.5) is 4.79 Å². The molecule has 0 spiro atoms. The number of carboxylic acids is 1. The molecule has 3 N–H and O–H groups in total. The molecule has 0 radical (unpaired) electrons. The average molecular weight is 296 g/mol. The highest BCUT2D eigenvalue weighted by Gasteiger charge is 2.39. The molecule has 0 heterocycles. The standard InChI is InChI=1S/C15H24N2O4/c1-2-10-7-11(10)16-14(21)17-12(18)8-15(9-13(19)20)5-3-4-6-15/h10-11H,2-9H2,1H3,(H,19,20)(H2,16,17,18,21). The summed E-state index contributed by atoms with van der Waals surface area (Å²) in [4.78, 5) is 34.7. The first kappa shape index (κ1) is 15.8. The van der Waals surface area contributed by atoms with Gasteiger partial charge in [-0.3, -0.25) is 14.9 Å². The Morgan fingerprint density at radius 2 is 1.86 bits per heavy atom. The highest BCUT2D eigenvalue weighted by molar-refractivity contribution is 5.95. The van der Waals surface area contributed by atoms with Crippen LogP contribution < -0.4 is 10.6 Å². The third kappa shape index (κ3) is 4.44. The summed E-state index contributed by atoms with van der Waals surface area (Å²) in [5.74, 6) is -0.721. The van der Waals surface area contributed by atoms with Gasteiger partial charge >= 0.3 is 12.0 Å². The van der Waals surface area contributed by atoms with Gasteiger partial charge in [0, 0.05) is 12.5 Å². The molecule has 6 nitrogen and oxygen atoms in total. The third-order valence-corrected chi connectivity index (χ3v) is 4.74. The van der Waals surface area contributed by atoms with E-state index in [0.29, 0.717) is 5.92 Å². The minimum Gasteiger partial charge on any atom is -0.481 e. The number of hydrogen-bond donors (Lipinski definition) is 3. The first-order valence-corrected chi connectivity index (χ1v) is 7.76. The molecule has 2 atom stereocenters. The number of imide groups is 1. The number of rotatable bonds is 6. The van der Waals surface area contributed by atoms with Crippen molar-refractivity contribution >= 4 is 17.9 Å². The van der Waals surface area contributed by atoms with Crippen LogP contribution in [-0.2, 0) is 9.59 Å². The van der Waals surface area contributed by atoms with Gasteiger partial charge in [0.25, 0.3) is 0 Å². The van der Waals surface area contributed by atoms with Crippen LogP contribution in [0.5, 0.6) is 0 Å². The Labute approximate surface area is 124 Å². The molecule has 0 bridgehead atoms. The Kier molecular flexibility index (Phi) is 4.85. The van der Waals surface area contributed by atoms with E-state index in [1.165, 1.54) is 0 Å². The monoisotopic (exact) mass is 296 g/mol. The number of urea groups is 1. The number of aliphatic carboxylic acids is 1. The molecule has 2 aliphatic carbocycles. The summed E-state index contributed by atoms with van der Waals surface area (Å²) in [6.45, 7) is 2.07. The molecule has 0 aromatic rings. The molecule has 2 fully saturated rings. The van der Waals surface area contributed by atoms with Crippen LogP contribution in [0, 0.1) is 11.3 Å². The summed E-state index contributed by atoms with van der Waals surface area (Å²) in [6, 6.07) is -0.272. The number of amides is 3. The molecule has 0 aromatic carbocycles. The van der Waals surface area contributed by atoms with E-state index in [2.05, 4.69) is 17.6 Å². The first-order valence-electron chi connectivity index (χ1n) is 7.76. The molecule has 2 aliphatic rings. The second kappa shape index (κ2) is 6.45. The smallest absolute Gasteiger partial charge is 0.321 e. The van der Waals surface area contributed by atoms with Crippen molar-refractivity contribution in [2.24, 2.45) is 11.3 Å². The zero-order valence-electron chi connectivity index (χ0n) is 12.5. The SMILES string of the molecule is CCC1CC1NC(=O)NC(=O)CC1(CC(=O)O)CCCC1. The van der Waals surface area contributed by atoms with Crippen molar-refractivity contribution in [2.45, 2.75) is 64.3 Å². The highest BCUT2D eigenvalue weighted by atomic mass is 16.4. The molecular formula is C15H24N2O4. The molecule has 0 aromatic heterocycles. The van der Waals surface area contributed by atoms with E-state index < -0.39 is 17.4 Å². The predicted molar refractivity (Wildman–Crippen MR) is 76.6 cm³/mol. The van der Waals surface area contributed by atoms with Crippen LogP contribution in [0.1, 0.15) is 58.3 Å². The highest BCUT2D eigenvalue weighted by Crippen LogP contribution is 2.44. The van der Waals surface area contributed by atoms with Gasteiger partial charge in [0.05, 0.1) is 6.42 Å². The largest absolute Gasteiger partial charge is 0.481 e. The Bertz CT molecular complexity index is 429. The molecule has 0 aliphatic heterocycles. The van der Waals surface area contributed by atoms with Gasteiger partial charge in [-0.2, -0.15) is 0 Å². The number of nitrogens with one attached hydrogen (secondary N) is 2. The van der Waals surface area contributed by atoms with E-state index in [0.717, 1.165) is 38.5 Å². The fourth-order valence-electron chi connectivity index (χ4n) is 3.45. The maximum Gasteiger partial charge on any atom is 0.321 e. The van der Waals surface area contributed by atoms with Crippen LogP contribution in [-0.4, -0.2) is 29.1 Å². The fraction of sp³-hybridized carbons (Fsp3) is 0.800. The van der Waals surface area contributed by atoms with E-state index in [1.54, 1.807) is 0 Å². The van der Waals surface area contributed by atoms with Crippen molar-refractivity contribution in [1.82, 2.24) is 10.6 Å². The second-order valence-corrected chi connectivity index (χ2v) is 6.49. The van der Waals surface area contributed by atoms with Crippen molar-refractivity contribution in [3.05, 3.63) is 0 Å². The van der Waals surface area contributed by atoms with Gasteiger partial charge in [-0.1, -0.05) is 26.2 Å². The molecule has 0 saturated heterocycles. The van der Waals surface area contributed by atoms with E-state index in [1.807, 2.05) is 0 Å². The Balaban J connectivity index is 1.79. The minimum absolute atomic E-state index is 0.00255. The Morgan fingerprint density at radius 1 is 1.19 bits per heavy atom. The van der Waals surface area contributed by atoms with Crippen LogP contribution in [0.3, 0.4) is 0 Å². The van der Waals surface area contributed by atoms with Crippen molar-refractivity contribution in [1.29, 1.82) is 0 Å². The Morgan fingerprint density at radius 3 is 2.38 bits per heavy atom. The first-order chi connectivity index (χ1) is 9.94. The van der Waals surface area contributed by atoms with Crippen molar-refractivity contribution in [3.8, 4) is 0 Å². The molecule has 21 heavy (non-hydrogen) atoms. The Hall–Kier alpha value is -1.59. The normalized spacial score (nSPS) is 26.1. The summed E-state index contributed by atoms with van der Waals surface area (Å²) < 4.78 is 0. The molecule has 3 amide bonds. The number of hydrogen-bond acceptors (Lipinski definition) is 3. The zero-order valence-corrected chi connectivity index (χ0v) is 12.5. The number of carbonyl (C=O) groups excluding carboxylic acids is 2. The van der Waals surface area contributed by atoms with E-state index >= 15 is 0 Å². The van der Waals surface area contributed by atoms with Crippen LogP contribution in [0.25, 0.3) is 0 Å². The van der Waals surface area contributed by atoms with Gasteiger partial charge in [-0.25, -0.2) is 4.79 Å². The summed E-state index contributed by atoms with van der Waals surface area (Å²) in [7, 11) is 0. The summed E-state index contributed by atoms with van der Waals surface area (Å²) in [5.41, 5.74) is -0.471. The van der Waals surface area contributed by atoms with Gasteiger partial charge < -0.3 is 10.4 Å². The van der Waals surface area contributed by atoms with Crippen molar-refractivity contribution in [2.75, 3.05) is 0 Å². The average Bonchev–Trinajstić information content (AvgIpc) is 2.97. The molecule has 2 saturated carbocycles. The lowest BCUT2D eigenvalue weighted by molar-refractivity contribution is -0.140. The third-order valence-electron chi connectivity index (χ3n) is 4.74. The molecule has 2 rings (SSSR count). The van der Waals surface area contributed by atoms with Gasteiger partial charge in [-0.05, 0) is 30.6 Å². The van der Waals surface area contributed by atoms with Gasteiger partial charge in [0.15, 0.2) is 0 Å². The molecule has 6 heteroatoms. The van der Waals surface area contributed by atoms with Crippen molar-refractivity contribution in [3.63, 3.8) is 0 Å². The summed E-state index contributed by atoms with van der Waals surface area (Å²) in [6.07, 6.45) is 5.52. The van der Waals surface area contributed by atoms with Crippen LogP contribution in [0.15, 0.2) is 0 Å². The second-order valence-electron chi connectivity index (χ2n) is 6.49. The molecule has 118 valence electrons. The molecular weight excluding hydrogens is 272 g/mol. The van der Waals surface area contributed by atoms with Gasteiger partial charge in [-0.15, -0.1) is 0 Å². The lowest BCUT2D eigenvalue weighted by Crippen LogP contribution is -2.42. The van der Waals surface area contributed by atoms with Gasteiger partial charge in [0.2, 0.25) is 5.91 Å². The van der Waals surface area contributed by atoms with Crippen LogP contribution >= 0.6 is 0 Å². The number of carbonyl (C=O) groups is 3.